The zero-order chi connectivity index (χ0) is 7.41. The highest BCUT2D eigenvalue weighted by atomic mass is 19.4. The molecule has 10 heavy (non-hydrogen) atoms. The summed E-state index contributed by atoms with van der Waals surface area (Å²) in [5, 5.41) is 0. The van der Waals surface area contributed by atoms with Crippen molar-refractivity contribution in [2.45, 2.75) is 24.6 Å². The van der Waals surface area contributed by atoms with Crippen molar-refractivity contribution >= 4 is 0 Å². The Morgan fingerprint density at radius 3 is 1.90 bits per heavy atom. The van der Waals surface area contributed by atoms with Gasteiger partial charge in [0.25, 0.3) is 0 Å². The minimum atomic E-state index is -4.13. The predicted octanol–water partition coefficient (Wildman–Crippen LogP) is 1.73. The lowest BCUT2D eigenvalue weighted by atomic mass is 10.1. The average molecular weight is 152 g/mol. The Bertz CT molecular complexity index is 155. The molecule has 0 radical (unpaired) electrons. The van der Waals surface area contributed by atoms with E-state index in [9.17, 15) is 13.2 Å². The van der Waals surface area contributed by atoms with Gasteiger partial charge in [0.15, 0.2) is 5.60 Å². The van der Waals surface area contributed by atoms with Gasteiger partial charge < -0.3 is 4.74 Å². The number of epoxide rings is 1. The van der Waals surface area contributed by atoms with Gasteiger partial charge in [-0.3, -0.25) is 0 Å². The lowest BCUT2D eigenvalue weighted by Crippen LogP contribution is -2.34. The Morgan fingerprint density at radius 1 is 1.30 bits per heavy atom. The molecule has 0 spiro atoms. The Kier molecular flexibility index (Phi) is 0.966. The van der Waals surface area contributed by atoms with Crippen molar-refractivity contribution in [3.63, 3.8) is 0 Å². The molecule has 1 saturated carbocycles. The first-order valence-corrected chi connectivity index (χ1v) is 3.27. The molecule has 4 heteroatoms. The normalized spacial score (nSPS) is 39.9. The third-order valence-corrected chi connectivity index (χ3v) is 2.17. The molecule has 0 aromatic heterocycles. The molecule has 2 rings (SSSR count). The van der Waals surface area contributed by atoms with Crippen LogP contribution >= 0.6 is 0 Å². The van der Waals surface area contributed by atoms with Crippen molar-refractivity contribution in [2.24, 2.45) is 5.92 Å². The van der Waals surface area contributed by atoms with Gasteiger partial charge in [-0.25, -0.2) is 0 Å². The highest BCUT2D eigenvalue weighted by molar-refractivity contribution is 5.09. The summed E-state index contributed by atoms with van der Waals surface area (Å²) in [6.07, 6.45) is -2.77. The maximum absolute atomic E-state index is 12.1. The van der Waals surface area contributed by atoms with Crippen LogP contribution in [0.25, 0.3) is 0 Å². The first-order chi connectivity index (χ1) is 4.56. The fraction of sp³-hybridized carbons (Fsp3) is 1.00. The topological polar surface area (TPSA) is 12.5 Å². The summed E-state index contributed by atoms with van der Waals surface area (Å²) in [5.74, 6) is -0.229. The predicted molar refractivity (Wildman–Crippen MR) is 27.5 cm³/mol. The lowest BCUT2D eigenvalue weighted by Gasteiger charge is -2.13. The second-order valence-electron chi connectivity index (χ2n) is 2.95. The zero-order valence-corrected chi connectivity index (χ0v) is 5.24. The van der Waals surface area contributed by atoms with Gasteiger partial charge in [0, 0.05) is 0 Å². The quantitative estimate of drug-likeness (QED) is 0.521. The molecule has 0 bridgehead atoms. The summed E-state index contributed by atoms with van der Waals surface area (Å²) in [7, 11) is 0. The van der Waals surface area contributed by atoms with E-state index in [1.54, 1.807) is 0 Å². The Morgan fingerprint density at radius 2 is 1.80 bits per heavy atom. The number of alkyl halides is 3. The van der Waals surface area contributed by atoms with Crippen molar-refractivity contribution < 1.29 is 17.9 Å². The van der Waals surface area contributed by atoms with Crippen LogP contribution in [0.3, 0.4) is 0 Å². The van der Waals surface area contributed by atoms with Crippen LogP contribution in [0.4, 0.5) is 13.2 Å². The van der Waals surface area contributed by atoms with Crippen molar-refractivity contribution in [2.75, 3.05) is 6.61 Å². The molecule has 0 N–H and O–H groups in total. The van der Waals surface area contributed by atoms with E-state index in [4.69, 9.17) is 0 Å². The van der Waals surface area contributed by atoms with Crippen LogP contribution in [-0.4, -0.2) is 18.4 Å². The van der Waals surface area contributed by atoms with Crippen LogP contribution < -0.4 is 0 Å². The van der Waals surface area contributed by atoms with Crippen LogP contribution in [0.1, 0.15) is 12.8 Å². The van der Waals surface area contributed by atoms with Crippen molar-refractivity contribution in [1.29, 1.82) is 0 Å². The number of ether oxygens (including phenoxy) is 1. The SMILES string of the molecule is FC(F)(F)C1(C2CC2)CO1. The van der Waals surface area contributed by atoms with E-state index in [1.807, 2.05) is 0 Å². The van der Waals surface area contributed by atoms with Gasteiger partial charge in [-0.1, -0.05) is 0 Å². The number of hydrogen-bond donors (Lipinski definition) is 0. The number of rotatable bonds is 1. The van der Waals surface area contributed by atoms with Crippen LogP contribution in [0.5, 0.6) is 0 Å². The van der Waals surface area contributed by atoms with Gasteiger partial charge in [-0.15, -0.1) is 0 Å². The van der Waals surface area contributed by atoms with Crippen molar-refractivity contribution in [3.05, 3.63) is 0 Å². The molecule has 0 aromatic carbocycles. The highest BCUT2D eigenvalue weighted by Crippen LogP contribution is 2.57. The van der Waals surface area contributed by atoms with Crippen LogP contribution in [-0.2, 0) is 4.74 Å². The summed E-state index contributed by atoms with van der Waals surface area (Å²) in [4.78, 5) is 0. The van der Waals surface area contributed by atoms with E-state index in [0.717, 1.165) is 0 Å². The molecule has 2 aliphatic rings. The first-order valence-electron chi connectivity index (χ1n) is 3.27. The maximum atomic E-state index is 12.1. The van der Waals surface area contributed by atoms with Gasteiger partial charge in [0.2, 0.25) is 0 Å². The minimum absolute atomic E-state index is 0.110. The second-order valence-corrected chi connectivity index (χ2v) is 2.95. The molecular weight excluding hydrogens is 145 g/mol. The Labute approximate surface area is 56.2 Å². The van der Waals surface area contributed by atoms with Gasteiger partial charge in [0.1, 0.15) is 0 Å². The molecule has 0 amide bonds. The third kappa shape index (κ3) is 0.682. The molecule has 1 aliphatic carbocycles. The molecular formula is C6H7F3O. The molecule has 2 fully saturated rings. The van der Waals surface area contributed by atoms with E-state index in [1.165, 1.54) is 0 Å². The molecule has 58 valence electrons. The highest BCUT2D eigenvalue weighted by Gasteiger charge is 2.72. The molecule has 1 heterocycles. The lowest BCUT2D eigenvalue weighted by molar-refractivity contribution is -0.189. The molecule has 0 aromatic rings. The van der Waals surface area contributed by atoms with E-state index in [2.05, 4.69) is 4.74 Å². The van der Waals surface area contributed by atoms with Crippen LogP contribution in [0.15, 0.2) is 0 Å². The molecule has 1 atom stereocenters. The summed E-state index contributed by atoms with van der Waals surface area (Å²) in [5.41, 5.74) is -1.70. The number of hydrogen-bond acceptors (Lipinski definition) is 1. The Balaban J connectivity index is 2.13. The molecule has 1 saturated heterocycles. The van der Waals surface area contributed by atoms with E-state index >= 15 is 0 Å². The summed E-state index contributed by atoms with van der Waals surface area (Å²) >= 11 is 0. The molecule has 1 nitrogen and oxygen atoms in total. The zero-order valence-electron chi connectivity index (χ0n) is 5.24. The summed E-state index contributed by atoms with van der Waals surface area (Å²) in [6.45, 7) is -0.110. The fourth-order valence-corrected chi connectivity index (χ4v) is 1.26. The number of halogens is 3. The van der Waals surface area contributed by atoms with Crippen molar-refractivity contribution in [1.82, 2.24) is 0 Å². The molecule has 1 aliphatic heterocycles. The van der Waals surface area contributed by atoms with E-state index in [-0.39, 0.29) is 12.5 Å². The maximum Gasteiger partial charge on any atom is 0.420 e. The summed E-state index contributed by atoms with van der Waals surface area (Å²) < 4.78 is 40.6. The van der Waals surface area contributed by atoms with E-state index in [0.29, 0.717) is 12.8 Å². The second kappa shape index (κ2) is 1.49. The Hall–Kier alpha value is -0.250. The van der Waals surface area contributed by atoms with Crippen LogP contribution in [0.2, 0.25) is 0 Å². The standard InChI is InChI=1S/C6H7F3O/c7-6(8,9)5(3-10-5)4-1-2-4/h4H,1-3H2. The first kappa shape index (κ1) is 6.46. The smallest absolute Gasteiger partial charge is 0.359 e. The summed E-state index contributed by atoms with van der Waals surface area (Å²) in [6, 6.07) is 0. The monoisotopic (exact) mass is 152 g/mol. The van der Waals surface area contributed by atoms with E-state index < -0.39 is 11.8 Å². The van der Waals surface area contributed by atoms with Gasteiger partial charge >= 0.3 is 6.18 Å². The van der Waals surface area contributed by atoms with Gasteiger partial charge in [-0.05, 0) is 18.8 Å². The minimum Gasteiger partial charge on any atom is -0.359 e. The molecule has 1 unspecified atom stereocenters. The average Bonchev–Trinajstić information content (AvgIpc) is 2.56. The third-order valence-electron chi connectivity index (χ3n) is 2.17. The largest absolute Gasteiger partial charge is 0.420 e. The fourth-order valence-electron chi connectivity index (χ4n) is 1.26. The van der Waals surface area contributed by atoms with Gasteiger partial charge in [-0.2, -0.15) is 13.2 Å². The van der Waals surface area contributed by atoms with Crippen LogP contribution in [0, 0.1) is 5.92 Å². The van der Waals surface area contributed by atoms with Gasteiger partial charge in [0.05, 0.1) is 6.61 Å². The van der Waals surface area contributed by atoms with Crippen molar-refractivity contribution in [3.8, 4) is 0 Å².